The molecule has 0 aliphatic carbocycles. The summed E-state index contributed by atoms with van der Waals surface area (Å²) in [6.07, 6.45) is 4.35. The van der Waals surface area contributed by atoms with Crippen molar-refractivity contribution in [1.29, 1.82) is 5.26 Å². The Morgan fingerprint density at radius 2 is 2.11 bits per heavy atom. The smallest absolute Gasteiger partial charge is 0.242 e. The summed E-state index contributed by atoms with van der Waals surface area (Å²) in [6.45, 7) is 0.149. The molecule has 96 valence electrons. The van der Waals surface area contributed by atoms with E-state index in [4.69, 9.17) is 5.26 Å². The standard InChI is InChI=1S/C12H10N4O2S/c13-6-11-3-4-12(9-15-11)19(17,18)16-8-10-2-1-5-14-7-10/h1-5,7,9,16H,8H2. The zero-order valence-electron chi connectivity index (χ0n) is 9.81. The highest BCUT2D eigenvalue weighted by Crippen LogP contribution is 2.08. The monoisotopic (exact) mass is 274 g/mol. The number of hydrogen-bond acceptors (Lipinski definition) is 5. The molecule has 0 saturated carbocycles. The number of pyridine rings is 2. The number of aromatic nitrogens is 2. The molecular formula is C12H10N4O2S. The van der Waals surface area contributed by atoms with Crippen LogP contribution in [-0.4, -0.2) is 18.4 Å². The van der Waals surface area contributed by atoms with Crippen LogP contribution in [0, 0.1) is 11.3 Å². The van der Waals surface area contributed by atoms with Gasteiger partial charge in [0.1, 0.15) is 16.7 Å². The van der Waals surface area contributed by atoms with Crippen LogP contribution in [0.1, 0.15) is 11.3 Å². The third-order valence-corrected chi connectivity index (χ3v) is 3.74. The molecule has 0 unspecified atom stereocenters. The van der Waals surface area contributed by atoms with Crippen LogP contribution in [0.25, 0.3) is 0 Å². The van der Waals surface area contributed by atoms with Gasteiger partial charge in [0.2, 0.25) is 10.0 Å². The number of nitrogens with one attached hydrogen (secondary N) is 1. The van der Waals surface area contributed by atoms with Gasteiger partial charge in [-0.05, 0) is 23.8 Å². The predicted octanol–water partition coefficient (Wildman–Crippen LogP) is 0.827. The topological polar surface area (TPSA) is 95.7 Å². The van der Waals surface area contributed by atoms with E-state index in [2.05, 4.69) is 14.7 Å². The van der Waals surface area contributed by atoms with E-state index in [1.807, 2.05) is 6.07 Å². The van der Waals surface area contributed by atoms with E-state index in [9.17, 15) is 8.42 Å². The van der Waals surface area contributed by atoms with Crippen molar-refractivity contribution in [2.45, 2.75) is 11.4 Å². The van der Waals surface area contributed by atoms with Crippen molar-refractivity contribution >= 4 is 10.0 Å². The van der Waals surface area contributed by atoms with Gasteiger partial charge in [-0.2, -0.15) is 5.26 Å². The van der Waals surface area contributed by atoms with Crippen molar-refractivity contribution in [3.8, 4) is 6.07 Å². The molecule has 0 amide bonds. The first kappa shape index (κ1) is 13.1. The molecule has 2 aromatic rings. The number of sulfonamides is 1. The zero-order valence-corrected chi connectivity index (χ0v) is 10.6. The summed E-state index contributed by atoms with van der Waals surface area (Å²) in [5.41, 5.74) is 0.930. The minimum absolute atomic E-state index is 0.0235. The molecule has 2 heterocycles. The third-order valence-electron chi connectivity index (χ3n) is 2.35. The number of hydrogen-bond donors (Lipinski definition) is 1. The second-order valence-corrected chi connectivity index (χ2v) is 5.44. The summed E-state index contributed by atoms with van der Waals surface area (Å²) < 4.78 is 26.3. The fraction of sp³-hybridized carbons (Fsp3) is 0.0833. The lowest BCUT2D eigenvalue weighted by atomic mass is 10.3. The average molecular weight is 274 g/mol. The Balaban J connectivity index is 2.12. The van der Waals surface area contributed by atoms with Crippen LogP contribution in [0.3, 0.4) is 0 Å². The Morgan fingerprint density at radius 3 is 2.68 bits per heavy atom. The highest BCUT2D eigenvalue weighted by Gasteiger charge is 2.14. The van der Waals surface area contributed by atoms with Crippen molar-refractivity contribution in [1.82, 2.24) is 14.7 Å². The van der Waals surface area contributed by atoms with Gasteiger partial charge in [0.05, 0.1) is 0 Å². The Morgan fingerprint density at radius 1 is 1.26 bits per heavy atom. The minimum Gasteiger partial charge on any atom is -0.264 e. The highest BCUT2D eigenvalue weighted by molar-refractivity contribution is 7.89. The molecule has 1 N–H and O–H groups in total. The van der Waals surface area contributed by atoms with Crippen molar-refractivity contribution < 1.29 is 8.42 Å². The average Bonchev–Trinajstić information content (AvgIpc) is 2.46. The molecule has 0 spiro atoms. The molecule has 0 atom stereocenters. The van der Waals surface area contributed by atoms with Crippen LogP contribution in [0.5, 0.6) is 0 Å². The lowest BCUT2D eigenvalue weighted by Crippen LogP contribution is -2.23. The first-order valence-corrected chi connectivity index (χ1v) is 6.85. The van der Waals surface area contributed by atoms with Gasteiger partial charge in [-0.3, -0.25) is 4.98 Å². The van der Waals surface area contributed by atoms with Crippen molar-refractivity contribution in [3.05, 3.63) is 54.1 Å². The Hall–Kier alpha value is -2.30. The van der Waals surface area contributed by atoms with Crippen LogP contribution in [-0.2, 0) is 16.6 Å². The van der Waals surface area contributed by atoms with Crippen molar-refractivity contribution in [3.63, 3.8) is 0 Å². The first-order chi connectivity index (χ1) is 9.12. The predicted molar refractivity (Wildman–Crippen MR) is 67.2 cm³/mol. The van der Waals surface area contributed by atoms with Gasteiger partial charge < -0.3 is 0 Å². The SMILES string of the molecule is N#Cc1ccc(S(=O)(=O)NCc2cccnc2)cn1. The van der Waals surface area contributed by atoms with E-state index in [0.717, 1.165) is 11.8 Å². The molecule has 2 aromatic heterocycles. The van der Waals surface area contributed by atoms with E-state index in [-0.39, 0.29) is 17.1 Å². The number of nitriles is 1. The van der Waals surface area contributed by atoms with E-state index < -0.39 is 10.0 Å². The Labute approximate surface area is 110 Å². The quantitative estimate of drug-likeness (QED) is 0.890. The Kier molecular flexibility index (Phi) is 3.85. The van der Waals surface area contributed by atoms with E-state index in [1.165, 1.54) is 12.1 Å². The molecule has 2 rings (SSSR count). The maximum Gasteiger partial charge on any atom is 0.242 e. The molecule has 7 heteroatoms. The summed E-state index contributed by atoms with van der Waals surface area (Å²) >= 11 is 0. The number of rotatable bonds is 4. The van der Waals surface area contributed by atoms with Gasteiger partial charge in [0.15, 0.2) is 0 Å². The molecule has 0 saturated heterocycles. The summed E-state index contributed by atoms with van der Waals surface area (Å²) in [5, 5.41) is 8.60. The number of nitrogens with zero attached hydrogens (tertiary/aromatic N) is 3. The molecule has 0 aliphatic heterocycles. The summed E-state index contributed by atoms with van der Waals surface area (Å²) in [6, 6.07) is 8.03. The van der Waals surface area contributed by atoms with Crippen molar-refractivity contribution in [2.75, 3.05) is 0 Å². The van der Waals surface area contributed by atoms with Gasteiger partial charge in [-0.1, -0.05) is 6.07 Å². The highest BCUT2D eigenvalue weighted by atomic mass is 32.2. The molecule has 0 aromatic carbocycles. The third kappa shape index (κ3) is 3.34. The second-order valence-electron chi connectivity index (χ2n) is 3.68. The van der Waals surface area contributed by atoms with E-state index >= 15 is 0 Å². The fourth-order valence-electron chi connectivity index (χ4n) is 1.37. The van der Waals surface area contributed by atoms with Gasteiger partial charge >= 0.3 is 0 Å². The Bertz CT molecular complexity index is 691. The lowest BCUT2D eigenvalue weighted by molar-refractivity contribution is 0.581. The lowest BCUT2D eigenvalue weighted by Gasteiger charge is -2.06. The van der Waals surface area contributed by atoms with Gasteiger partial charge in [-0.25, -0.2) is 18.1 Å². The summed E-state index contributed by atoms with van der Waals surface area (Å²) in [4.78, 5) is 7.65. The largest absolute Gasteiger partial charge is 0.264 e. The van der Waals surface area contributed by atoms with Crippen LogP contribution in [0.15, 0.2) is 47.8 Å². The van der Waals surface area contributed by atoms with Crippen LogP contribution >= 0.6 is 0 Å². The summed E-state index contributed by atoms with van der Waals surface area (Å²) in [5.74, 6) is 0. The first-order valence-electron chi connectivity index (χ1n) is 5.36. The second kappa shape index (κ2) is 5.56. The normalized spacial score (nSPS) is 10.9. The minimum atomic E-state index is -3.63. The molecule has 0 aliphatic rings. The van der Waals surface area contributed by atoms with Crippen LogP contribution in [0.4, 0.5) is 0 Å². The van der Waals surface area contributed by atoms with E-state index in [1.54, 1.807) is 24.5 Å². The zero-order chi connectivity index (χ0) is 13.7. The molecule has 0 radical (unpaired) electrons. The maximum absolute atomic E-state index is 12.0. The summed E-state index contributed by atoms with van der Waals surface area (Å²) in [7, 11) is -3.63. The van der Waals surface area contributed by atoms with E-state index in [0.29, 0.717) is 0 Å². The van der Waals surface area contributed by atoms with Gasteiger partial charge in [0, 0.05) is 25.1 Å². The molecule has 0 bridgehead atoms. The van der Waals surface area contributed by atoms with Gasteiger partial charge in [-0.15, -0.1) is 0 Å². The van der Waals surface area contributed by atoms with Crippen molar-refractivity contribution in [2.24, 2.45) is 0 Å². The molecule has 6 nitrogen and oxygen atoms in total. The van der Waals surface area contributed by atoms with Crippen LogP contribution in [0.2, 0.25) is 0 Å². The molecular weight excluding hydrogens is 264 g/mol. The maximum atomic E-state index is 12.0. The fourth-order valence-corrected chi connectivity index (χ4v) is 2.33. The molecule has 19 heavy (non-hydrogen) atoms. The molecule has 0 fully saturated rings. The van der Waals surface area contributed by atoms with Crippen LogP contribution < -0.4 is 4.72 Å². The van der Waals surface area contributed by atoms with Gasteiger partial charge in [0.25, 0.3) is 0 Å².